The molecule has 0 radical (unpaired) electrons. The Morgan fingerprint density at radius 3 is 2.17 bits per heavy atom. The molecule has 0 saturated heterocycles. The van der Waals surface area contributed by atoms with Crippen LogP contribution in [0.25, 0.3) is 0 Å². The van der Waals surface area contributed by atoms with E-state index in [-0.39, 0.29) is 18.5 Å². The summed E-state index contributed by atoms with van der Waals surface area (Å²) in [6.45, 7) is 8.99. The summed E-state index contributed by atoms with van der Waals surface area (Å²) in [7, 11) is 0. The van der Waals surface area contributed by atoms with E-state index >= 15 is 0 Å². The van der Waals surface area contributed by atoms with E-state index in [1.54, 1.807) is 11.8 Å². The van der Waals surface area contributed by atoms with E-state index in [0.717, 1.165) is 12.8 Å². The topological polar surface area (TPSA) is 69.6 Å². The van der Waals surface area contributed by atoms with Crippen molar-refractivity contribution in [1.82, 2.24) is 10.2 Å². The normalized spacial score (nSPS) is 12.3. The molecule has 2 N–H and O–H groups in total. The molecule has 0 aliphatic heterocycles. The highest BCUT2D eigenvalue weighted by Crippen LogP contribution is 2.07. The fraction of sp³-hybridized carbons (Fsp3) is 0.846. The smallest absolute Gasteiger partial charge is 0.317 e. The van der Waals surface area contributed by atoms with Crippen LogP contribution in [-0.2, 0) is 4.79 Å². The second kappa shape index (κ2) is 8.78. The van der Waals surface area contributed by atoms with Crippen molar-refractivity contribution in [2.45, 2.75) is 53.0 Å². The summed E-state index contributed by atoms with van der Waals surface area (Å²) in [6, 6.07) is -0.452. The standard InChI is InChI=1S/C13H26N2O3/c1-5-11(6-2)9-14-13(18)15(7-3)10(4)8-12(16)17/h10-11H,5-9H2,1-4H3,(H,14,18)(H,16,17). The van der Waals surface area contributed by atoms with Crippen molar-refractivity contribution < 1.29 is 14.7 Å². The third kappa shape index (κ3) is 5.89. The van der Waals surface area contributed by atoms with Gasteiger partial charge < -0.3 is 15.3 Å². The van der Waals surface area contributed by atoms with Crippen LogP contribution in [0.1, 0.15) is 47.0 Å². The Hall–Kier alpha value is -1.26. The number of nitrogens with one attached hydrogen (secondary N) is 1. The maximum Gasteiger partial charge on any atom is 0.317 e. The molecule has 0 heterocycles. The molecule has 0 fully saturated rings. The van der Waals surface area contributed by atoms with Gasteiger partial charge in [0.25, 0.3) is 0 Å². The molecule has 0 rings (SSSR count). The van der Waals surface area contributed by atoms with Gasteiger partial charge in [0.15, 0.2) is 0 Å². The summed E-state index contributed by atoms with van der Waals surface area (Å²) in [5.41, 5.74) is 0. The van der Waals surface area contributed by atoms with Crippen LogP contribution in [0.15, 0.2) is 0 Å². The van der Waals surface area contributed by atoms with Crippen molar-refractivity contribution in [3.05, 3.63) is 0 Å². The lowest BCUT2D eigenvalue weighted by molar-refractivity contribution is -0.138. The van der Waals surface area contributed by atoms with Crippen molar-refractivity contribution in [2.75, 3.05) is 13.1 Å². The molecule has 18 heavy (non-hydrogen) atoms. The quantitative estimate of drug-likeness (QED) is 0.702. The molecule has 0 aromatic heterocycles. The van der Waals surface area contributed by atoms with E-state index in [0.29, 0.717) is 19.0 Å². The fourth-order valence-electron chi connectivity index (χ4n) is 1.93. The lowest BCUT2D eigenvalue weighted by atomic mass is 10.0. The second-order valence-electron chi connectivity index (χ2n) is 4.60. The first-order valence-corrected chi connectivity index (χ1v) is 6.72. The molecular weight excluding hydrogens is 232 g/mol. The van der Waals surface area contributed by atoms with Crippen molar-refractivity contribution in [3.63, 3.8) is 0 Å². The summed E-state index contributed by atoms with van der Waals surface area (Å²) in [5.74, 6) is -0.392. The number of carboxylic acids is 1. The highest BCUT2D eigenvalue weighted by Gasteiger charge is 2.20. The van der Waals surface area contributed by atoms with Crippen LogP contribution in [0, 0.1) is 5.92 Å². The highest BCUT2D eigenvalue weighted by atomic mass is 16.4. The zero-order valence-electron chi connectivity index (χ0n) is 11.9. The molecule has 0 saturated carbocycles. The van der Waals surface area contributed by atoms with Crippen molar-refractivity contribution in [2.24, 2.45) is 5.92 Å². The molecule has 0 aromatic rings. The summed E-state index contributed by atoms with van der Waals surface area (Å²) >= 11 is 0. The third-order valence-electron chi connectivity index (χ3n) is 3.30. The average molecular weight is 258 g/mol. The minimum Gasteiger partial charge on any atom is -0.481 e. The SMILES string of the molecule is CCC(CC)CNC(=O)N(CC)C(C)CC(=O)O. The molecule has 0 aliphatic carbocycles. The molecule has 106 valence electrons. The Bertz CT molecular complexity index is 265. The van der Waals surface area contributed by atoms with E-state index < -0.39 is 5.97 Å². The summed E-state index contributed by atoms with van der Waals surface area (Å²) in [4.78, 5) is 24.2. The lowest BCUT2D eigenvalue weighted by Gasteiger charge is -2.28. The van der Waals surface area contributed by atoms with Crippen molar-refractivity contribution in [1.29, 1.82) is 0 Å². The number of carbonyl (C=O) groups excluding carboxylic acids is 1. The third-order valence-corrected chi connectivity index (χ3v) is 3.30. The molecule has 5 nitrogen and oxygen atoms in total. The Balaban J connectivity index is 4.30. The predicted molar refractivity (Wildman–Crippen MR) is 71.6 cm³/mol. The number of carbonyl (C=O) groups is 2. The van der Waals surface area contributed by atoms with Gasteiger partial charge in [0.2, 0.25) is 0 Å². The van der Waals surface area contributed by atoms with Crippen LogP contribution >= 0.6 is 0 Å². The molecule has 1 atom stereocenters. The van der Waals surface area contributed by atoms with Crippen LogP contribution < -0.4 is 5.32 Å². The molecule has 2 amide bonds. The Morgan fingerprint density at radius 2 is 1.78 bits per heavy atom. The van der Waals surface area contributed by atoms with Gasteiger partial charge in [0.1, 0.15) is 0 Å². The number of aliphatic carboxylic acids is 1. The lowest BCUT2D eigenvalue weighted by Crippen LogP contribution is -2.46. The number of hydrogen-bond donors (Lipinski definition) is 2. The Morgan fingerprint density at radius 1 is 1.22 bits per heavy atom. The van der Waals surface area contributed by atoms with Crippen LogP contribution in [0.4, 0.5) is 4.79 Å². The molecular formula is C13H26N2O3. The van der Waals surface area contributed by atoms with Gasteiger partial charge in [-0.15, -0.1) is 0 Å². The number of rotatable bonds is 8. The van der Waals surface area contributed by atoms with Crippen LogP contribution in [0.5, 0.6) is 0 Å². The van der Waals surface area contributed by atoms with Crippen molar-refractivity contribution >= 4 is 12.0 Å². The average Bonchev–Trinajstić information content (AvgIpc) is 2.30. The number of urea groups is 1. The first-order chi connectivity index (χ1) is 8.46. The van der Waals surface area contributed by atoms with Crippen molar-refractivity contribution in [3.8, 4) is 0 Å². The van der Waals surface area contributed by atoms with E-state index in [4.69, 9.17) is 5.11 Å². The van der Waals surface area contributed by atoms with E-state index in [1.807, 2.05) is 6.92 Å². The van der Waals surface area contributed by atoms with Gasteiger partial charge in [-0.3, -0.25) is 4.79 Å². The Labute approximate surface area is 110 Å². The molecule has 0 spiro atoms. The summed E-state index contributed by atoms with van der Waals surface area (Å²) < 4.78 is 0. The Kier molecular flexibility index (Phi) is 8.16. The monoisotopic (exact) mass is 258 g/mol. The minimum atomic E-state index is -0.881. The van der Waals surface area contributed by atoms with E-state index in [1.165, 1.54) is 0 Å². The fourth-order valence-corrected chi connectivity index (χ4v) is 1.93. The molecule has 1 unspecified atom stereocenters. The molecule has 5 heteroatoms. The van der Waals surface area contributed by atoms with Crippen LogP contribution in [-0.4, -0.2) is 41.1 Å². The highest BCUT2D eigenvalue weighted by molar-refractivity contribution is 5.75. The first kappa shape index (κ1) is 16.7. The number of nitrogens with zero attached hydrogens (tertiary/aromatic N) is 1. The van der Waals surface area contributed by atoms with Crippen LogP contribution in [0.2, 0.25) is 0 Å². The van der Waals surface area contributed by atoms with E-state index in [2.05, 4.69) is 19.2 Å². The summed E-state index contributed by atoms with van der Waals surface area (Å²) in [5, 5.41) is 11.6. The molecule has 0 aromatic carbocycles. The van der Waals surface area contributed by atoms with Gasteiger partial charge in [0.05, 0.1) is 6.42 Å². The second-order valence-corrected chi connectivity index (χ2v) is 4.60. The maximum atomic E-state index is 12.0. The number of hydrogen-bond acceptors (Lipinski definition) is 2. The predicted octanol–water partition coefficient (Wildman–Crippen LogP) is 2.32. The summed E-state index contributed by atoms with van der Waals surface area (Å²) in [6.07, 6.45) is 2.05. The van der Waals surface area contributed by atoms with Gasteiger partial charge in [-0.05, 0) is 19.8 Å². The van der Waals surface area contributed by atoms with Gasteiger partial charge in [0, 0.05) is 19.1 Å². The van der Waals surface area contributed by atoms with Crippen LogP contribution in [0.3, 0.4) is 0 Å². The van der Waals surface area contributed by atoms with Gasteiger partial charge in [-0.1, -0.05) is 26.7 Å². The number of amides is 2. The molecule has 0 bridgehead atoms. The largest absolute Gasteiger partial charge is 0.481 e. The van der Waals surface area contributed by atoms with Gasteiger partial charge in [-0.2, -0.15) is 0 Å². The zero-order chi connectivity index (χ0) is 14.1. The molecule has 0 aliphatic rings. The van der Waals surface area contributed by atoms with Gasteiger partial charge in [-0.25, -0.2) is 4.79 Å². The zero-order valence-corrected chi connectivity index (χ0v) is 11.9. The minimum absolute atomic E-state index is 0.0216. The maximum absolute atomic E-state index is 12.0. The first-order valence-electron chi connectivity index (χ1n) is 6.72. The van der Waals surface area contributed by atoms with E-state index in [9.17, 15) is 9.59 Å². The van der Waals surface area contributed by atoms with Gasteiger partial charge >= 0.3 is 12.0 Å². The number of carboxylic acid groups (broad SMARTS) is 1.